The van der Waals surface area contributed by atoms with Crippen LogP contribution in [0, 0.1) is 18.6 Å². The van der Waals surface area contributed by atoms with Crippen molar-refractivity contribution in [1.82, 2.24) is 14.7 Å². The summed E-state index contributed by atoms with van der Waals surface area (Å²) in [5.74, 6) is -1.42. The summed E-state index contributed by atoms with van der Waals surface area (Å²) in [6.45, 7) is 7.13. The molecule has 1 aliphatic heterocycles. The number of nitrogens with two attached hydrogens (primary N) is 1. The zero-order valence-electron chi connectivity index (χ0n) is 21.7. The minimum Gasteiger partial charge on any atom is -0.461 e. The number of primary amides is 1. The second-order valence-electron chi connectivity index (χ2n) is 8.73. The van der Waals surface area contributed by atoms with E-state index < -0.39 is 23.6 Å². The Morgan fingerprint density at radius 1 is 1.16 bits per heavy atom. The first-order valence-electron chi connectivity index (χ1n) is 12.3. The summed E-state index contributed by atoms with van der Waals surface area (Å²) < 4.78 is 37.4. The number of carbonyl (C=O) groups excluding carboxylic acids is 2. The van der Waals surface area contributed by atoms with E-state index in [2.05, 4.69) is 15.3 Å². The summed E-state index contributed by atoms with van der Waals surface area (Å²) in [6, 6.07) is 12.6. The number of hydrogen-bond acceptors (Lipinski definition) is 6. The third-order valence-corrected chi connectivity index (χ3v) is 6.13. The molecule has 3 N–H and O–H groups in total. The molecule has 1 atom stereocenters. The van der Waals surface area contributed by atoms with Gasteiger partial charge in [-0.15, -0.1) is 0 Å². The van der Waals surface area contributed by atoms with Gasteiger partial charge in [0.05, 0.1) is 18.9 Å². The van der Waals surface area contributed by atoms with Crippen molar-refractivity contribution in [3.05, 3.63) is 77.0 Å². The molecule has 38 heavy (non-hydrogen) atoms. The van der Waals surface area contributed by atoms with Crippen molar-refractivity contribution in [2.24, 2.45) is 5.73 Å². The van der Waals surface area contributed by atoms with E-state index in [1.54, 1.807) is 39.2 Å². The summed E-state index contributed by atoms with van der Waals surface area (Å²) in [7, 11) is 1.68. The molecule has 4 rings (SSSR count). The number of hydrogen-bond donors (Lipinski definition) is 2. The van der Waals surface area contributed by atoms with Crippen LogP contribution in [0.5, 0.6) is 0 Å². The van der Waals surface area contributed by atoms with Crippen LogP contribution in [0.2, 0.25) is 0 Å². The van der Waals surface area contributed by atoms with Gasteiger partial charge < -0.3 is 20.1 Å². The molecule has 0 aliphatic carbocycles. The van der Waals surface area contributed by atoms with Gasteiger partial charge in [0.2, 0.25) is 0 Å². The van der Waals surface area contributed by atoms with E-state index in [-0.39, 0.29) is 12.3 Å². The number of benzene rings is 2. The van der Waals surface area contributed by atoms with Gasteiger partial charge in [-0.3, -0.25) is 5.32 Å². The average molecular weight is 530 g/mol. The zero-order chi connectivity index (χ0) is 27.7. The third-order valence-electron chi connectivity index (χ3n) is 6.13. The predicted octanol–water partition coefficient (Wildman–Crippen LogP) is 4.25. The molecule has 0 spiro atoms. The SMILES string of the molecule is CCOC(=O)c1nn(-c2ccccc2)c(NC(N)=O)c1C.COCCN1CCC(c2ccc(F)c(F)c2)C1. The lowest BCUT2D eigenvalue weighted by Crippen LogP contribution is -2.24. The number of halogens is 2. The van der Waals surface area contributed by atoms with Crippen LogP contribution < -0.4 is 11.1 Å². The summed E-state index contributed by atoms with van der Waals surface area (Å²) >= 11 is 0. The number of esters is 1. The Bertz CT molecular complexity index is 1240. The van der Waals surface area contributed by atoms with E-state index in [4.69, 9.17) is 15.2 Å². The molecule has 1 aromatic heterocycles. The quantitative estimate of drug-likeness (QED) is 0.422. The molecular formula is C27H33F2N5O4. The van der Waals surface area contributed by atoms with Crippen molar-refractivity contribution in [3.63, 3.8) is 0 Å². The van der Waals surface area contributed by atoms with Gasteiger partial charge in [0.25, 0.3) is 0 Å². The molecule has 204 valence electrons. The highest BCUT2D eigenvalue weighted by atomic mass is 19.2. The molecule has 9 nitrogen and oxygen atoms in total. The average Bonchev–Trinajstić information content (AvgIpc) is 3.50. The zero-order valence-corrected chi connectivity index (χ0v) is 21.7. The van der Waals surface area contributed by atoms with Gasteiger partial charge in [-0.05, 0) is 62.6 Å². The van der Waals surface area contributed by atoms with Gasteiger partial charge in [-0.1, -0.05) is 24.3 Å². The van der Waals surface area contributed by atoms with E-state index in [9.17, 15) is 18.4 Å². The Balaban J connectivity index is 0.000000215. The summed E-state index contributed by atoms with van der Waals surface area (Å²) in [5.41, 5.74) is 7.40. The van der Waals surface area contributed by atoms with Gasteiger partial charge >= 0.3 is 12.0 Å². The van der Waals surface area contributed by atoms with Gasteiger partial charge in [-0.2, -0.15) is 5.10 Å². The van der Waals surface area contributed by atoms with Gasteiger partial charge in [0.1, 0.15) is 5.82 Å². The first-order chi connectivity index (χ1) is 18.2. The Hall–Kier alpha value is -3.83. The lowest BCUT2D eigenvalue weighted by molar-refractivity contribution is 0.0518. The fraction of sp³-hybridized carbons (Fsp3) is 0.370. The highest BCUT2D eigenvalue weighted by molar-refractivity contribution is 5.94. The molecule has 1 saturated heterocycles. The topological polar surface area (TPSA) is 112 Å². The molecule has 1 unspecified atom stereocenters. The predicted molar refractivity (Wildman–Crippen MR) is 139 cm³/mol. The van der Waals surface area contributed by atoms with E-state index >= 15 is 0 Å². The fourth-order valence-electron chi connectivity index (χ4n) is 4.20. The molecule has 0 saturated carbocycles. The van der Waals surface area contributed by atoms with Crippen molar-refractivity contribution in [2.45, 2.75) is 26.2 Å². The van der Waals surface area contributed by atoms with Crippen LogP contribution in [0.25, 0.3) is 5.69 Å². The van der Waals surface area contributed by atoms with Crippen molar-refractivity contribution >= 4 is 17.8 Å². The lowest BCUT2D eigenvalue weighted by Gasteiger charge is -2.15. The second kappa shape index (κ2) is 13.6. The monoisotopic (exact) mass is 529 g/mol. The van der Waals surface area contributed by atoms with Crippen molar-refractivity contribution in [1.29, 1.82) is 0 Å². The Labute approximate surface area is 220 Å². The van der Waals surface area contributed by atoms with Crippen LogP contribution in [0.15, 0.2) is 48.5 Å². The minimum atomic E-state index is -0.775. The van der Waals surface area contributed by atoms with Crippen LogP contribution in [0.3, 0.4) is 0 Å². The number of nitrogens with zero attached hydrogens (tertiary/aromatic N) is 3. The Morgan fingerprint density at radius 2 is 1.89 bits per heavy atom. The molecular weight excluding hydrogens is 496 g/mol. The molecule has 0 radical (unpaired) electrons. The highest BCUT2D eigenvalue weighted by Crippen LogP contribution is 2.28. The summed E-state index contributed by atoms with van der Waals surface area (Å²) in [4.78, 5) is 25.4. The molecule has 1 aliphatic rings. The maximum absolute atomic E-state index is 13.1. The third kappa shape index (κ3) is 7.36. The second-order valence-corrected chi connectivity index (χ2v) is 8.73. The van der Waals surface area contributed by atoms with Crippen molar-refractivity contribution < 1.29 is 27.8 Å². The van der Waals surface area contributed by atoms with E-state index in [0.717, 1.165) is 31.6 Å². The first kappa shape index (κ1) is 28.7. The lowest BCUT2D eigenvalue weighted by atomic mass is 9.98. The molecule has 2 aromatic carbocycles. The molecule has 3 aromatic rings. The maximum Gasteiger partial charge on any atom is 0.359 e. The fourth-order valence-corrected chi connectivity index (χ4v) is 4.20. The molecule has 2 amide bonds. The molecule has 1 fully saturated rings. The molecule has 0 bridgehead atoms. The van der Waals surface area contributed by atoms with Crippen LogP contribution in [0.4, 0.5) is 19.4 Å². The molecule has 11 heteroatoms. The smallest absolute Gasteiger partial charge is 0.359 e. The van der Waals surface area contributed by atoms with Gasteiger partial charge in [0, 0.05) is 25.8 Å². The summed E-state index contributed by atoms with van der Waals surface area (Å²) in [5, 5.41) is 6.71. The number of methoxy groups -OCH3 is 1. The van der Waals surface area contributed by atoms with Gasteiger partial charge in [0.15, 0.2) is 17.3 Å². The highest BCUT2D eigenvalue weighted by Gasteiger charge is 2.24. The number of ether oxygens (including phenoxy) is 2. The number of nitrogens with one attached hydrogen (secondary N) is 1. The number of rotatable bonds is 8. The first-order valence-corrected chi connectivity index (χ1v) is 12.3. The van der Waals surface area contributed by atoms with E-state index in [1.165, 1.54) is 16.8 Å². The summed E-state index contributed by atoms with van der Waals surface area (Å²) in [6.07, 6.45) is 0.995. The van der Waals surface area contributed by atoms with Gasteiger partial charge in [-0.25, -0.2) is 23.1 Å². The number of anilines is 1. The Kier molecular flexibility index (Phi) is 10.3. The van der Waals surface area contributed by atoms with Crippen LogP contribution in [0.1, 0.15) is 40.9 Å². The standard InChI is InChI=1S/C14H16N4O3.C13H17F2NO/c1-3-21-13(19)11-9(2)12(16-14(15)20)18(17-11)10-7-5-4-6-8-10;1-17-7-6-16-5-4-11(9-16)10-2-3-12(14)13(15)8-10/h4-8H,3H2,1-2H3,(H3,15,16,20);2-3,8,11H,4-7,9H2,1H3. The number of amides is 2. The van der Waals surface area contributed by atoms with E-state index in [0.29, 0.717) is 29.6 Å². The number of carbonyl (C=O) groups is 2. The van der Waals surface area contributed by atoms with Crippen molar-refractivity contribution in [3.8, 4) is 5.69 Å². The minimum absolute atomic E-state index is 0.143. The number of likely N-dealkylation sites (tertiary alicyclic amines) is 1. The van der Waals surface area contributed by atoms with E-state index in [1.807, 2.05) is 18.2 Å². The Morgan fingerprint density at radius 3 is 2.53 bits per heavy atom. The van der Waals surface area contributed by atoms with Crippen LogP contribution in [-0.4, -0.2) is 66.6 Å². The van der Waals surface area contributed by atoms with Crippen LogP contribution >= 0.6 is 0 Å². The number of aromatic nitrogens is 2. The molecule has 2 heterocycles. The van der Waals surface area contributed by atoms with Crippen molar-refractivity contribution in [2.75, 3.05) is 45.3 Å². The normalized spacial score (nSPS) is 15.0. The number of urea groups is 1. The largest absolute Gasteiger partial charge is 0.461 e. The van der Waals surface area contributed by atoms with Crippen LogP contribution in [-0.2, 0) is 9.47 Å². The number of para-hydroxylation sites is 1. The maximum atomic E-state index is 13.1.